The summed E-state index contributed by atoms with van der Waals surface area (Å²) in [5, 5.41) is 1.00. The smallest absolute Gasteiger partial charge is 0.239 e. The maximum absolute atomic E-state index is 13.3. The second kappa shape index (κ2) is 4.56. The Hall–Kier alpha value is -1.50. The first-order valence-corrected chi connectivity index (χ1v) is 6.70. The predicted octanol–water partition coefficient (Wildman–Crippen LogP) is 3.51. The van der Waals surface area contributed by atoms with Crippen LogP contribution in [0.2, 0.25) is 5.02 Å². The zero-order chi connectivity index (χ0) is 13.6. The minimum atomic E-state index is -0.443. The maximum atomic E-state index is 13.3. The fourth-order valence-corrected chi connectivity index (χ4v) is 2.90. The van der Waals surface area contributed by atoms with Crippen LogP contribution in [-0.2, 0) is 6.54 Å². The molecule has 0 fully saturated rings. The molecule has 0 unspecified atom stereocenters. The molecule has 0 aliphatic heterocycles. The van der Waals surface area contributed by atoms with Gasteiger partial charge in [0.1, 0.15) is 21.2 Å². The molecule has 0 amide bonds. The third kappa shape index (κ3) is 2.11. The second-order valence-electron chi connectivity index (χ2n) is 3.98. The van der Waals surface area contributed by atoms with E-state index >= 15 is 0 Å². The summed E-state index contributed by atoms with van der Waals surface area (Å²) in [5.74, 6) is -0.0572. The zero-order valence-corrected chi connectivity index (χ0v) is 11.5. The largest absolute Gasteiger partial charge is 0.434 e. The minimum Gasteiger partial charge on any atom is -0.434 e. The number of oxazole rings is 1. The van der Waals surface area contributed by atoms with Gasteiger partial charge in [-0.25, -0.2) is 14.4 Å². The summed E-state index contributed by atoms with van der Waals surface area (Å²) in [5.41, 5.74) is 7.11. The Balaban J connectivity index is 2.20. The predicted molar refractivity (Wildman–Crippen MR) is 72.7 cm³/mol. The van der Waals surface area contributed by atoms with Crippen LogP contribution in [0.5, 0.6) is 0 Å². The maximum Gasteiger partial charge on any atom is 0.239 e. The van der Waals surface area contributed by atoms with Crippen molar-refractivity contribution in [1.29, 1.82) is 0 Å². The molecule has 1 aromatic carbocycles. The molecule has 0 radical (unpaired) electrons. The van der Waals surface area contributed by atoms with Gasteiger partial charge in [0.25, 0.3) is 0 Å². The lowest BCUT2D eigenvalue weighted by Crippen LogP contribution is -1.94. The third-order valence-electron chi connectivity index (χ3n) is 2.62. The zero-order valence-electron chi connectivity index (χ0n) is 9.91. The number of rotatable bonds is 2. The summed E-state index contributed by atoms with van der Waals surface area (Å²) in [7, 11) is 0. The fourth-order valence-electron chi connectivity index (χ4n) is 1.79. The molecule has 0 aliphatic rings. The molecule has 2 N–H and O–H groups in total. The summed E-state index contributed by atoms with van der Waals surface area (Å²) in [4.78, 5) is 9.34. The van der Waals surface area contributed by atoms with E-state index in [0.717, 1.165) is 15.6 Å². The quantitative estimate of drug-likeness (QED) is 0.786. The van der Waals surface area contributed by atoms with E-state index in [1.54, 1.807) is 0 Å². The first-order chi connectivity index (χ1) is 9.08. The summed E-state index contributed by atoms with van der Waals surface area (Å²) < 4.78 is 18.9. The number of nitrogens with zero attached hydrogens (tertiary/aromatic N) is 2. The molecule has 4 nitrogen and oxygen atoms in total. The van der Waals surface area contributed by atoms with Gasteiger partial charge in [0.2, 0.25) is 5.89 Å². The molecule has 3 aromatic rings. The van der Waals surface area contributed by atoms with E-state index in [4.69, 9.17) is 21.8 Å². The highest BCUT2D eigenvalue weighted by Gasteiger charge is 2.17. The lowest BCUT2D eigenvalue weighted by atomic mass is 10.3. The van der Waals surface area contributed by atoms with Crippen molar-refractivity contribution in [2.24, 2.45) is 5.73 Å². The van der Waals surface area contributed by atoms with Crippen molar-refractivity contribution in [3.8, 4) is 10.8 Å². The van der Waals surface area contributed by atoms with E-state index in [9.17, 15) is 4.39 Å². The van der Waals surface area contributed by atoms with Crippen LogP contribution in [0, 0.1) is 12.7 Å². The van der Waals surface area contributed by atoms with Crippen molar-refractivity contribution in [2.75, 3.05) is 0 Å². The Bertz CT molecular complexity index is 768. The Labute approximate surface area is 117 Å². The van der Waals surface area contributed by atoms with Gasteiger partial charge in [-0.15, -0.1) is 11.3 Å². The van der Waals surface area contributed by atoms with E-state index in [-0.39, 0.29) is 5.02 Å². The number of hydrogen-bond donors (Lipinski definition) is 1. The van der Waals surface area contributed by atoms with Gasteiger partial charge in [0.05, 0.1) is 10.7 Å². The first kappa shape index (κ1) is 12.5. The number of fused-ring (bicyclic) bond motifs is 1. The van der Waals surface area contributed by atoms with E-state index < -0.39 is 5.82 Å². The number of aromatic nitrogens is 2. The van der Waals surface area contributed by atoms with Gasteiger partial charge >= 0.3 is 0 Å². The van der Waals surface area contributed by atoms with Gasteiger partial charge in [-0.3, -0.25) is 0 Å². The molecule has 2 heterocycles. The molecule has 0 saturated carbocycles. The molecule has 7 heteroatoms. The standard InChI is InChI=1S/C12H9ClFN3OS/c1-5-11(19-9(4-15)16-5)12-17-8-3-6(14)2-7(13)10(8)18-12/h2-3H,4,15H2,1H3. The summed E-state index contributed by atoms with van der Waals surface area (Å²) in [6.45, 7) is 2.21. The average Bonchev–Trinajstić information content (AvgIpc) is 2.92. The van der Waals surface area contributed by atoms with Crippen molar-refractivity contribution in [3.63, 3.8) is 0 Å². The average molecular weight is 298 g/mol. The topological polar surface area (TPSA) is 64.9 Å². The van der Waals surface area contributed by atoms with Crippen LogP contribution in [0.4, 0.5) is 4.39 Å². The van der Waals surface area contributed by atoms with Crippen LogP contribution in [0.1, 0.15) is 10.7 Å². The third-order valence-corrected chi connectivity index (χ3v) is 4.07. The van der Waals surface area contributed by atoms with Gasteiger partial charge < -0.3 is 10.2 Å². The van der Waals surface area contributed by atoms with Crippen LogP contribution in [0.3, 0.4) is 0 Å². The SMILES string of the molecule is Cc1nc(CN)sc1-c1nc2cc(F)cc(Cl)c2o1. The molecule has 3 rings (SSSR count). The van der Waals surface area contributed by atoms with Crippen molar-refractivity contribution in [2.45, 2.75) is 13.5 Å². The number of halogens is 2. The Morgan fingerprint density at radius 2 is 2.21 bits per heavy atom. The number of nitrogens with two attached hydrogens (primary N) is 1. The molecular formula is C12H9ClFN3OS. The Morgan fingerprint density at radius 1 is 1.42 bits per heavy atom. The molecule has 98 valence electrons. The highest BCUT2D eigenvalue weighted by atomic mass is 35.5. The van der Waals surface area contributed by atoms with Crippen LogP contribution in [-0.4, -0.2) is 9.97 Å². The summed E-state index contributed by atoms with van der Waals surface area (Å²) >= 11 is 7.34. The first-order valence-electron chi connectivity index (χ1n) is 5.51. The van der Waals surface area contributed by atoms with Crippen LogP contribution < -0.4 is 5.73 Å². The number of thiazole rings is 1. The van der Waals surface area contributed by atoms with Crippen molar-refractivity contribution in [3.05, 3.63) is 33.7 Å². The number of benzene rings is 1. The lowest BCUT2D eigenvalue weighted by Gasteiger charge is -1.91. The summed E-state index contributed by atoms with van der Waals surface area (Å²) in [6.07, 6.45) is 0. The molecular weight excluding hydrogens is 289 g/mol. The molecule has 0 bridgehead atoms. The van der Waals surface area contributed by atoms with Gasteiger partial charge in [-0.1, -0.05) is 11.6 Å². The van der Waals surface area contributed by atoms with Crippen molar-refractivity contribution >= 4 is 34.0 Å². The number of aryl methyl sites for hydroxylation is 1. The minimum absolute atomic E-state index is 0.204. The lowest BCUT2D eigenvalue weighted by molar-refractivity contribution is 0.615. The molecule has 0 aliphatic carbocycles. The number of hydrogen-bond acceptors (Lipinski definition) is 5. The van der Waals surface area contributed by atoms with Crippen molar-refractivity contribution < 1.29 is 8.81 Å². The van der Waals surface area contributed by atoms with E-state index in [1.807, 2.05) is 6.92 Å². The van der Waals surface area contributed by atoms with E-state index in [1.165, 1.54) is 23.5 Å². The monoisotopic (exact) mass is 297 g/mol. The molecule has 2 aromatic heterocycles. The fraction of sp³-hybridized carbons (Fsp3) is 0.167. The van der Waals surface area contributed by atoms with E-state index in [0.29, 0.717) is 23.5 Å². The normalized spacial score (nSPS) is 11.4. The summed E-state index contributed by atoms with van der Waals surface area (Å²) in [6, 6.07) is 2.48. The van der Waals surface area contributed by atoms with Gasteiger partial charge in [-0.2, -0.15) is 0 Å². The highest BCUT2D eigenvalue weighted by Crippen LogP contribution is 2.34. The van der Waals surface area contributed by atoms with Crippen molar-refractivity contribution in [1.82, 2.24) is 9.97 Å². The van der Waals surface area contributed by atoms with E-state index in [2.05, 4.69) is 9.97 Å². The molecule has 0 spiro atoms. The Morgan fingerprint density at radius 3 is 2.89 bits per heavy atom. The molecule has 19 heavy (non-hydrogen) atoms. The van der Waals surface area contributed by atoms with Crippen LogP contribution in [0.25, 0.3) is 21.9 Å². The Kier molecular flexibility index (Phi) is 3.00. The van der Waals surface area contributed by atoms with Gasteiger partial charge in [-0.05, 0) is 13.0 Å². The molecule has 0 saturated heterocycles. The van der Waals surface area contributed by atoms with Crippen LogP contribution in [0.15, 0.2) is 16.5 Å². The highest BCUT2D eigenvalue weighted by molar-refractivity contribution is 7.15. The second-order valence-corrected chi connectivity index (χ2v) is 5.47. The van der Waals surface area contributed by atoms with Gasteiger partial charge in [0, 0.05) is 12.6 Å². The van der Waals surface area contributed by atoms with Gasteiger partial charge in [0.15, 0.2) is 5.58 Å². The molecule has 0 atom stereocenters. The van der Waals surface area contributed by atoms with Crippen LogP contribution >= 0.6 is 22.9 Å².